The molecule has 0 aliphatic heterocycles. The molecule has 0 amide bonds. The first-order valence-corrected chi connectivity index (χ1v) is 6.19. The van der Waals surface area contributed by atoms with Crippen molar-refractivity contribution in [2.45, 2.75) is 13.0 Å². The molecule has 0 aliphatic rings. The summed E-state index contributed by atoms with van der Waals surface area (Å²) < 4.78 is 12.8. The molecule has 2 rings (SSSR count). The quantitative estimate of drug-likeness (QED) is 0.872. The molecule has 0 bridgehead atoms. The normalized spacial score (nSPS) is 13.1. The summed E-state index contributed by atoms with van der Waals surface area (Å²) >= 11 is 1.61. The van der Waals surface area contributed by atoms with E-state index in [2.05, 4.69) is 0 Å². The minimum Gasteiger partial charge on any atom is -0.389 e. The van der Waals surface area contributed by atoms with E-state index in [1.165, 1.54) is 12.1 Å². The number of benzene rings is 1. The summed E-state index contributed by atoms with van der Waals surface area (Å²) in [7, 11) is 0. The summed E-state index contributed by atoms with van der Waals surface area (Å²) in [6, 6.07) is 10.4. The molecule has 0 radical (unpaired) electrons. The van der Waals surface area contributed by atoms with E-state index in [0.717, 1.165) is 15.3 Å². The first-order valence-electron chi connectivity index (χ1n) is 5.37. The zero-order valence-corrected chi connectivity index (χ0v) is 10.2. The molecule has 88 valence electrons. The number of hydrogen-bond acceptors (Lipinski definition) is 2. The lowest BCUT2D eigenvalue weighted by Crippen LogP contribution is -1.90. The van der Waals surface area contributed by atoms with Crippen LogP contribution in [0.5, 0.6) is 0 Å². The Bertz CT molecular complexity index is 511. The zero-order valence-electron chi connectivity index (χ0n) is 9.43. The van der Waals surface area contributed by atoms with Crippen LogP contribution in [0.3, 0.4) is 0 Å². The fourth-order valence-electron chi connectivity index (χ4n) is 1.45. The van der Waals surface area contributed by atoms with Gasteiger partial charge >= 0.3 is 0 Å². The molecular weight excluding hydrogens is 235 g/mol. The van der Waals surface area contributed by atoms with Gasteiger partial charge in [-0.15, -0.1) is 11.3 Å². The van der Waals surface area contributed by atoms with Crippen molar-refractivity contribution in [2.75, 3.05) is 0 Å². The van der Waals surface area contributed by atoms with E-state index in [1.54, 1.807) is 36.5 Å². The van der Waals surface area contributed by atoms with E-state index in [-0.39, 0.29) is 5.82 Å². The Morgan fingerprint density at radius 1 is 1.18 bits per heavy atom. The van der Waals surface area contributed by atoms with Gasteiger partial charge in [0.1, 0.15) is 5.82 Å². The van der Waals surface area contributed by atoms with Crippen LogP contribution in [0.1, 0.15) is 11.8 Å². The van der Waals surface area contributed by atoms with Crippen LogP contribution in [0.2, 0.25) is 0 Å². The first kappa shape index (κ1) is 12.0. The van der Waals surface area contributed by atoms with E-state index < -0.39 is 6.10 Å². The Labute approximate surface area is 104 Å². The Morgan fingerprint density at radius 3 is 2.53 bits per heavy atom. The highest BCUT2D eigenvalue weighted by Crippen LogP contribution is 2.28. The van der Waals surface area contributed by atoms with Gasteiger partial charge < -0.3 is 5.11 Å². The number of aliphatic hydroxyl groups excluding tert-OH is 1. The highest BCUT2D eigenvalue weighted by atomic mass is 32.1. The van der Waals surface area contributed by atoms with E-state index in [4.69, 9.17) is 5.11 Å². The lowest BCUT2D eigenvalue weighted by Gasteiger charge is -1.96. The Kier molecular flexibility index (Phi) is 3.71. The SMILES string of the molecule is CC(O)/C=C/c1ccc(-c2ccc(F)cc2)s1. The number of thiophene rings is 1. The maximum absolute atomic E-state index is 12.8. The lowest BCUT2D eigenvalue weighted by atomic mass is 10.2. The number of rotatable bonds is 3. The fourth-order valence-corrected chi connectivity index (χ4v) is 2.37. The number of halogens is 1. The second kappa shape index (κ2) is 5.25. The largest absolute Gasteiger partial charge is 0.389 e. The fraction of sp³-hybridized carbons (Fsp3) is 0.143. The second-order valence-electron chi connectivity index (χ2n) is 3.81. The van der Waals surface area contributed by atoms with Gasteiger partial charge in [0.05, 0.1) is 6.10 Å². The molecule has 1 unspecified atom stereocenters. The molecule has 1 atom stereocenters. The molecule has 0 aliphatic carbocycles. The van der Waals surface area contributed by atoms with Gasteiger partial charge in [0, 0.05) is 9.75 Å². The van der Waals surface area contributed by atoms with Crippen molar-refractivity contribution in [3.63, 3.8) is 0 Å². The van der Waals surface area contributed by atoms with Gasteiger partial charge in [-0.2, -0.15) is 0 Å². The summed E-state index contributed by atoms with van der Waals surface area (Å²) in [5.74, 6) is -0.223. The summed E-state index contributed by atoms with van der Waals surface area (Å²) in [6.45, 7) is 1.71. The van der Waals surface area contributed by atoms with Gasteiger partial charge in [-0.05, 0) is 42.8 Å². The second-order valence-corrected chi connectivity index (χ2v) is 4.92. The van der Waals surface area contributed by atoms with Crippen molar-refractivity contribution in [3.8, 4) is 10.4 Å². The zero-order chi connectivity index (χ0) is 12.3. The summed E-state index contributed by atoms with van der Waals surface area (Å²) in [6.07, 6.45) is 3.19. The summed E-state index contributed by atoms with van der Waals surface area (Å²) in [5.41, 5.74) is 1.01. The van der Waals surface area contributed by atoms with Crippen LogP contribution >= 0.6 is 11.3 Å². The molecule has 1 aromatic heterocycles. The van der Waals surface area contributed by atoms with Gasteiger partial charge in [0.25, 0.3) is 0 Å². The number of aliphatic hydroxyl groups is 1. The maximum atomic E-state index is 12.8. The van der Waals surface area contributed by atoms with Crippen LogP contribution in [0.15, 0.2) is 42.5 Å². The van der Waals surface area contributed by atoms with Crippen molar-refractivity contribution in [1.29, 1.82) is 0 Å². The van der Waals surface area contributed by atoms with Gasteiger partial charge in [-0.3, -0.25) is 0 Å². The van der Waals surface area contributed by atoms with E-state index in [1.807, 2.05) is 18.2 Å². The molecule has 1 nitrogen and oxygen atoms in total. The number of hydrogen-bond donors (Lipinski definition) is 1. The first-order chi connectivity index (χ1) is 8.15. The van der Waals surface area contributed by atoms with Crippen LogP contribution in [0, 0.1) is 5.82 Å². The van der Waals surface area contributed by atoms with Crippen molar-refractivity contribution < 1.29 is 9.50 Å². The Balaban J connectivity index is 2.21. The van der Waals surface area contributed by atoms with Gasteiger partial charge in [-0.1, -0.05) is 18.2 Å². The third-order valence-corrected chi connectivity index (χ3v) is 3.39. The molecular formula is C14H13FOS. The maximum Gasteiger partial charge on any atom is 0.123 e. The van der Waals surface area contributed by atoms with Gasteiger partial charge in [-0.25, -0.2) is 4.39 Å². The Hall–Kier alpha value is -1.45. The van der Waals surface area contributed by atoms with E-state index in [0.29, 0.717) is 0 Å². The molecule has 17 heavy (non-hydrogen) atoms. The molecule has 0 saturated heterocycles. The van der Waals surface area contributed by atoms with Crippen molar-refractivity contribution >= 4 is 17.4 Å². The molecule has 3 heteroatoms. The molecule has 1 N–H and O–H groups in total. The molecule has 0 spiro atoms. The van der Waals surface area contributed by atoms with Crippen molar-refractivity contribution in [2.24, 2.45) is 0 Å². The van der Waals surface area contributed by atoms with Crippen LogP contribution in [0.25, 0.3) is 16.5 Å². The van der Waals surface area contributed by atoms with Crippen molar-refractivity contribution in [1.82, 2.24) is 0 Å². The minimum atomic E-state index is -0.439. The monoisotopic (exact) mass is 248 g/mol. The standard InChI is InChI=1S/C14H13FOS/c1-10(16)2-7-13-8-9-14(17-13)11-3-5-12(15)6-4-11/h2-10,16H,1H3/b7-2+. The Morgan fingerprint density at radius 2 is 1.88 bits per heavy atom. The molecule has 0 saturated carbocycles. The molecule has 1 heterocycles. The van der Waals surface area contributed by atoms with Crippen LogP contribution in [0.4, 0.5) is 4.39 Å². The minimum absolute atomic E-state index is 0.223. The third kappa shape index (κ3) is 3.25. The van der Waals surface area contributed by atoms with Crippen LogP contribution < -0.4 is 0 Å². The predicted octanol–water partition coefficient (Wildman–Crippen LogP) is 3.95. The predicted molar refractivity (Wildman–Crippen MR) is 70.4 cm³/mol. The third-order valence-electron chi connectivity index (χ3n) is 2.29. The molecule has 1 aromatic carbocycles. The average molecular weight is 248 g/mol. The van der Waals surface area contributed by atoms with E-state index in [9.17, 15) is 4.39 Å². The van der Waals surface area contributed by atoms with Crippen LogP contribution in [-0.4, -0.2) is 11.2 Å². The molecule has 2 aromatic rings. The highest BCUT2D eigenvalue weighted by molar-refractivity contribution is 7.16. The lowest BCUT2D eigenvalue weighted by molar-refractivity contribution is 0.245. The van der Waals surface area contributed by atoms with Gasteiger partial charge in [0.15, 0.2) is 0 Å². The molecule has 0 fully saturated rings. The highest BCUT2D eigenvalue weighted by Gasteiger charge is 2.01. The van der Waals surface area contributed by atoms with Gasteiger partial charge in [0.2, 0.25) is 0 Å². The summed E-state index contributed by atoms with van der Waals surface area (Å²) in [5, 5.41) is 9.14. The van der Waals surface area contributed by atoms with E-state index >= 15 is 0 Å². The van der Waals surface area contributed by atoms with Crippen molar-refractivity contribution in [3.05, 3.63) is 53.2 Å². The summed E-state index contributed by atoms with van der Waals surface area (Å²) in [4.78, 5) is 2.17. The van der Waals surface area contributed by atoms with Crippen LogP contribution in [-0.2, 0) is 0 Å². The smallest absolute Gasteiger partial charge is 0.123 e. The topological polar surface area (TPSA) is 20.2 Å². The average Bonchev–Trinajstić information content (AvgIpc) is 2.76.